The maximum Gasteiger partial charge on any atom is 0.351 e. The lowest BCUT2D eigenvalue weighted by molar-refractivity contribution is -0.0456. The Kier molecular flexibility index (Phi) is 5.11. The molecule has 102 valence electrons. The second-order valence-corrected chi connectivity index (χ2v) is 4.78. The van der Waals surface area contributed by atoms with Gasteiger partial charge in [-0.15, -0.1) is 12.4 Å². The Morgan fingerprint density at radius 1 is 1.61 bits per heavy atom. The highest BCUT2D eigenvalue weighted by Crippen LogP contribution is 2.33. The largest absolute Gasteiger partial charge is 0.394 e. The molecule has 1 fully saturated rings. The molecule has 1 aliphatic rings. The molecule has 1 aromatic heterocycles. The second-order valence-electron chi connectivity index (χ2n) is 3.72. The van der Waals surface area contributed by atoms with Crippen LogP contribution in [0.1, 0.15) is 6.23 Å². The molecule has 0 amide bonds. The molecule has 1 aliphatic heterocycles. The fraction of sp³-hybridized carbons (Fsp3) is 0.556. The highest BCUT2D eigenvalue weighted by atomic mass is 79.9. The smallest absolute Gasteiger partial charge is 0.351 e. The van der Waals surface area contributed by atoms with Crippen LogP contribution in [0, 0.1) is 0 Å². The highest BCUT2D eigenvalue weighted by Gasteiger charge is 2.43. The molecule has 1 saturated heterocycles. The average molecular weight is 343 g/mol. The lowest BCUT2D eigenvalue weighted by Gasteiger charge is -2.16. The van der Waals surface area contributed by atoms with Gasteiger partial charge in [-0.3, -0.25) is 4.57 Å². The van der Waals surface area contributed by atoms with E-state index in [4.69, 9.17) is 15.6 Å². The van der Waals surface area contributed by atoms with Crippen LogP contribution in [0.4, 0.5) is 5.82 Å². The molecule has 0 aliphatic carbocycles. The second kappa shape index (κ2) is 5.98. The molecule has 0 radical (unpaired) electrons. The Morgan fingerprint density at radius 3 is 2.78 bits per heavy atom. The summed E-state index contributed by atoms with van der Waals surface area (Å²) in [6.07, 6.45) is -0.901. The van der Waals surface area contributed by atoms with Crippen molar-refractivity contribution < 1.29 is 14.9 Å². The summed E-state index contributed by atoms with van der Waals surface area (Å²) in [6, 6.07) is 1.46. The van der Waals surface area contributed by atoms with Crippen molar-refractivity contribution >= 4 is 34.2 Å². The van der Waals surface area contributed by atoms with E-state index in [1.807, 2.05) is 0 Å². The molecule has 0 aromatic carbocycles. The minimum absolute atomic E-state index is 0. The first kappa shape index (κ1) is 15.4. The zero-order valence-corrected chi connectivity index (χ0v) is 11.5. The molecule has 0 spiro atoms. The fourth-order valence-electron chi connectivity index (χ4n) is 1.70. The van der Waals surface area contributed by atoms with E-state index >= 15 is 0 Å². The van der Waals surface area contributed by atoms with Crippen molar-refractivity contribution in [1.29, 1.82) is 0 Å². The Morgan fingerprint density at radius 2 is 2.28 bits per heavy atom. The standard InChI is InChI=1S/C9H12BrN3O4.ClH/c10-6-7(15)4(3-14)17-8(6)13-2-1-5(11)12-9(13)16;/h1-2,4,6-8,14-15H,3H2,(H2,11,12,16);1H. The summed E-state index contributed by atoms with van der Waals surface area (Å²) in [4.78, 5) is 14.7. The van der Waals surface area contributed by atoms with Crippen LogP contribution in [0.25, 0.3) is 0 Å². The first-order valence-corrected chi connectivity index (χ1v) is 5.89. The van der Waals surface area contributed by atoms with Crippen LogP contribution < -0.4 is 11.4 Å². The van der Waals surface area contributed by atoms with E-state index < -0.39 is 29.0 Å². The summed E-state index contributed by atoms with van der Waals surface area (Å²) in [7, 11) is 0. The van der Waals surface area contributed by atoms with Gasteiger partial charge in [-0.1, -0.05) is 15.9 Å². The van der Waals surface area contributed by atoms with Gasteiger partial charge >= 0.3 is 5.69 Å². The lowest BCUT2D eigenvalue weighted by atomic mass is 10.2. The number of nitrogens with two attached hydrogens (primary N) is 1. The number of hydrogen-bond acceptors (Lipinski definition) is 6. The number of nitrogens with zero attached hydrogens (tertiary/aromatic N) is 2. The Balaban J connectivity index is 0.00000162. The van der Waals surface area contributed by atoms with Crippen molar-refractivity contribution in [2.24, 2.45) is 0 Å². The average Bonchev–Trinajstić information content (AvgIpc) is 2.57. The highest BCUT2D eigenvalue weighted by molar-refractivity contribution is 9.09. The van der Waals surface area contributed by atoms with E-state index in [0.29, 0.717) is 0 Å². The maximum absolute atomic E-state index is 11.6. The van der Waals surface area contributed by atoms with Gasteiger partial charge in [0.05, 0.1) is 17.5 Å². The molecule has 4 unspecified atom stereocenters. The van der Waals surface area contributed by atoms with Gasteiger partial charge in [0, 0.05) is 6.20 Å². The predicted molar refractivity (Wildman–Crippen MR) is 69.9 cm³/mol. The van der Waals surface area contributed by atoms with Gasteiger partial charge < -0.3 is 20.7 Å². The molecule has 4 N–H and O–H groups in total. The number of aliphatic hydroxyl groups excluding tert-OH is 2. The zero-order chi connectivity index (χ0) is 12.6. The van der Waals surface area contributed by atoms with Crippen molar-refractivity contribution in [1.82, 2.24) is 9.55 Å². The summed E-state index contributed by atoms with van der Waals surface area (Å²) in [5.41, 5.74) is 4.81. The number of aliphatic hydroxyl groups is 2. The number of hydrogen-bond donors (Lipinski definition) is 3. The number of halogens is 2. The minimum Gasteiger partial charge on any atom is -0.394 e. The quantitative estimate of drug-likeness (QED) is 0.611. The monoisotopic (exact) mass is 341 g/mol. The predicted octanol–water partition coefficient (Wildman–Crippen LogP) is -0.739. The molecule has 18 heavy (non-hydrogen) atoms. The van der Waals surface area contributed by atoms with Crippen LogP contribution >= 0.6 is 28.3 Å². The van der Waals surface area contributed by atoms with Crippen LogP contribution in [0.2, 0.25) is 0 Å². The third-order valence-corrected chi connectivity index (χ3v) is 3.59. The number of nitrogen functional groups attached to an aromatic ring is 1. The number of aromatic nitrogens is 2. The van der Waals surface area contributed by atoms with E-state index in [9.17, 15) is 9.90 Å². The number of rotatable bonds is 2. The molecular weight excluding hydrogens is 329 g/mol. The summed E-state index contributed by atoms with van der Waals surface area (Å²) < 4.78 is 6.59. The van der Waals surface area contributed by atoms with E-state index in [2.05, 4.69) is 20.9 Å². The number of anilines is 1. The van der Waals surface area contributed by atoms with Gasteiger partial charge in [-0.2, -0.15) is 4.98 Å². The summed E-state index contributed by atoms with van der Waals surface area (Å²) in [6.45, 7) is -0.323. The van der Waals surface area contributed by atoms with Gasteiger partial charge in [-0.05, 0) is 6.07 Å². The SMILES string of the molecule is Cl.Nc1ccn(C2OC(CO)C(O)C2Br)c(=O)n1. The van der Waals surface area contributed by atoms with Crippen molar-refractivity contribution in [3.63, 3.8) is 0 Å². The van der Waals surface area contributed by atoms with Crippen LogP contribution in [-0.2, 0) is 4.74 Å². The van der Waals surface area contributed by atoms with E-state index in [1.54, 1.807) is 0 Å². The van der Waals surface area contributed by atoms with Crippen LogP contribution in [0.5, 0.6) is 0 Å². The van der Waals surface area contributed by atoms with Gasteiger partial charge in [-0.25, -0.2) is 4.79 Å². The Hall–Kier alpha value is -0.670. The van der Waals surface area contributed by atoms with E-state index in [0.717, 1.165) is 0 Å². The summed E-state index contributed by atoms with van der Waals surface area (Å²) in [5.74, 6) is 0.120. The molecule has 9 heteroatoms. The Bertz CT molecular complexity index is 471. The van der Waals surface area contributed by atoms with Gasteiger partial charge in [0.2, 0.25) is 0 Å². The first-order chi connectivity index (χ1) is 8.04. The molecular formula is C9H13BrClN3O4. The van der Waals surface area contributed by atoms with Crippen molar-refractivity contribution in [2.45, 2.75) is 23.3 Å². The van der Waals surface area contributed by atoms with E-state index in [-0.39, 0.29) is 24.8 Å². The van der Waals surface area contributed by atoms with Crippen LogP contribution in [0.15, 0.2) is 17.1 Å². The third kappa shape index (κ3) is 2.67. The van der Waals surface area contributed by atoms with Gasteiger partial charge in [0.25, 0.3) is 0 Å². The van der Waals surface area contributed by atoms with Gasteiger partial charge in [0.1, 0.15) is 11.9 Å². The third-order valence-electron chi connectivity index (χ3n) is 2.60. The lowest BCUT2D eigenvalue weighted by Crippen LogP contribution is -2.32. The van der Waals surface area contributed by atoms with E-state index in [1.165, 1.54) is 16.8 Å². The molecule has 0 bridgehead atoms. The molecule has 2 heterocycles. The fourth-order valence-corrected chi connectivity index (χ4v) is 2.42. The zero-order valence-electron chi connectivity index (χ0n) is 9.14. The van der Waals surface area contributed by atoms with Gasteiger partial charge in [0.15, 0.2) is 6.23 Å². The molecule has 1 aromatic rings. The number of alkyl halides is 1. The topological polar surface area (TPSA) is 111 Å². The summed E-state index contributed by atoms with van der Waals surface area (Å²) in [5, 5.41) is 18.7. The minimum atomic E-state index is -0.894. The first-order valence-electron chi connectivity index (χ1n) is 4.97. The van der Waals surface area contributed by atoms with Crippen molar-refractivity contribution in [3.05, 3.63) is 22.7 Å². The summed E-state index contributed by atoms with van der Waals surface area (Å²) >= 11 is 3.24. The maximum atomic E-state index is 11.6. The van der Waals surface area contributed by atoms with Crippen LogP contribution in [-0.4, -0.2) is 43.4 Å². The molecule has 0 saturated carbocycles. The van der Waals surface area contributed by atoms with Crippen molar-refractivity contribution in [3.8, 4) is 0 Å². The molecule has 7 nitrogen and oxygen atoms in total. The Labute approximate surface area is 117 Å². The number of ether oxygens (including phenoxy) is 1. The molecule has 2 rings (SSSR count). The molecule has 4 atom stereocenters. The van der Waals surface area contributed by atoms with Crippen LogP contribution in [0.3, 0.4) is 0 Å². The van der Waals surface area contributed by atoms with Crippen molar-refractivity contribution in [2.75, 3.05) is 12.3 Å². The normalized spacial score (nSPS) is 31.1.